The lowest BCUT2D eigenvalue weighted by Gasteiger charge is -2.12. The van der Waals surface area contributed by atoms with Crippen molar-refractivity contribution < 1.29 is 32.5 Å². The summed E-state index contributed by atoms with van der Waals surface area (Å²) < 4.78 is 45.7. The zero-order valence-electron chi connectivity index (χ0n) is 17.4. The van der Waals surface area contributed by atoms with E-state index in [0.29, 0.717) is 27.9 Å². The third-order valence-corrected chi connectivity index (χ3v) is 5.03. The number of nitrogens with one attached hydrogen (secondary N) is 1. The lowest BCUT2D eigenvalue weighted by Crippen LogP contribution is -2.08. The van der Waals surface area contributed by atoms with Crippen LogP contribution in [-0.4, -0.2) is 38.8 Å². The number of alkyl halides is 2. The van der Waals surface area contributed by atoms with Crippen molar-refractivity contribution in [2.24, 2.45) is 0 Å². The number of hydrogen-bond acceptors (Lipinski definition) is 7. The van der Waals surface area contributed by atoms with E-state index < -0.39 is 12.5 Å². The summed E-state index contributed by atoms with van der Waals surface area (Å²) in [6.45, 7) is -3.03. The van der Waals surface area contributed by atoms with Crippen molar-refractivity contribution in [3.63, 3.8) is 0 Å². The Morgan fingerprint density at radius 3 is 2.56 bits per heavy atom. The highest BCUT2D eigenvalue weighted by Gasteiger charge is 2.15. The van der Waals surface area contributed by atoms with Crippen LogP contribution < -0.4 is 24.3 Å². The molecule has 0 saturated heterocycles. The number of methoxy groups -OCH3 is 3. The van der Waals surface area contributed by atoms with E-state index in [-0.39, 0.29) is 17.1 Å². The number of carbonyl (C=O) groups excluding carboxylic acids is 1. The summed E-state index contributed by atoms with van der Waals surface area (Å²) >= 11 is 1.23. The number of hydrogen-bond donors (Lipinski definition) is 1. The Bertz CT molecular complexity index is 1120. The van der Waals surface area contributed by atoms with Crippen LogP contribution in [0.3, 0.4) is 0 Å². The molecular weight excluding hydrogens is 442 g/mol. The Kier molecular flexibility index (Phi) is 7.61. The van der Waals surface area contributed by atoms with Crippen LogP contribution in [0.4, 0.5) is 13.9 Å². The summed E-state index contributed by atoms with van der Waals surface area (Å²) in [5.41, 5.74) is 1.58. The molecule has 0 aliphatic heterocycles. The predicted molar refractivity (Wildman–Crippen MR) is 118 cm³/mol. The minimum absolute atomic E-state index is 0.129. The molecule has 3 rings (SSSR count). The number of anilines is 1. The summed E-state index contributed by atoms with van der Waals surface area (Å²) in [4.78, 5) is 16.8. The zero-order valence-corrected chi connectivity index (χ0v) is 18.2. The highest BCUT2D eigenvalue weighted by molar-refractivity contribution is 7.14. The van der Waals surface area contributed by atoms with Crippen molar-refractivity contribution >= 4 is 28.5 Å². The van der Waals surface area contributed by atoms with Gasteiger partial charge in [0.25, 0.3) is 0 Å². The van der Waals surface area contributed by atoms with E-state index in [4.69, 9.17) is 14.2 Å². The molecule has 7 nitrogen and oxygen atoms in total. The first kappa shape index (κ1) is 23.0. The highest BCUT2D eigenvalue weighted by atomic mass is 32.1. The molecule has 10 heteroatoms. The lowest BCUT2D eigenvalue weighted by molar-refractivity contribution is -0.111. The fourth-order valence-corrected chi connectivity index (χ4v) is 3.54. The van der Waals surface area contributed by atoms with Gasteiger partial charge < -0.3 is 18.9 Å². The van der Waals surface area contributed by atoms with Crippen molar-refractivity contribution in [1.29, 1.82) is 0 Å². The van der Waals surface area contributed by atoms with Crippen LogP contribution in [0.1, 0.15) is 5.56 Å². The standard InChI is InChI=1S/C22H20F2N2O5S/c1-28-14-8-9-17(29-2)15(11-14)16-12-32-22(25-16)26-19(27)10-7-13-5-4-6-18(30-3)20(13)31-21(23)24/h4-12,21H,1-3H3,(H,25,26,27)/b10-7+. The van der Waals surface area contributed by atoms with Crippen molar-refractivity contribution in [3.8, 4) is 34.3 Å². The molecule has 0 aliphatic rings. The first-order valence-electron chi connectivity index (χ1n) is 9.24. The number of ether oxygens (including phenoxy) is 4. The molecule has 0 aliphatic carbocycles. The molecule has 1 aromatic heterocycles. The van der Waals surface area contributed by atoms with Crippen LogP contribution >= 0.6 is 11.3 Å². The second-order valence-corrected chi connectivity index (χ2v) is 7.04. The topological polar surface area (TPSA) is 78.9 Å². The number of nitrogens with zero attached hydrogens (tertiary/aromatic N) is 1. The summed E-state index contributed by atoms with van der Waals surface area (Å²) in [6.07, 6.45) is 2.55. The molecular formula is C22H20F2N2O5S. The summed E-state index contributed by atoms with van der Waals surface area (Å²) in [5.74, 6) is 0.732. The first-order chi connectivity index (χ1) is 15.4. The van der Waals surface area contributed by atoms with E-state index in [1.54, 1.807) is 43.9 Å². The van der Waals surface area contributed by atoms with Gasteiger partial charge >= 0.3 is 6.61 Å². The number of halogens is 2. The summed E-state index contributed by atoms with van der Waals surface area (Å²) in [6, 6.07) is 9.93. The normalized spacial score (nSPS) is 10.9. The lowest BCUT2D eigenvalue weighted by atomic mass is 10.1. The van der Waals surface area contributed by atoms with Gasteiger partial charge in [0, 0.05) is 22.6 Å². The van der Waals surface area contributed by atoms with Crippen LogP contribution in [0.5, 0.6) is 23.0 Å². The van der Waals surface area contributed by atoms with E-state index in [9.17, 15) is 13.6 Å². The minimum atomic E-state index is -3.03. The van der Waals surface area contributed by atoms with E-state index in [2.05, 4.69) is 15.0 Å². The number of carbonyl (C=O) groups is 1. The SMILES string of the molecule is COc1ccc(OC)c(-c2csc(NC(=O)/C=C/c3cccc(OC)c3OC(F)F)n2)c1. The van der Waals surface area contributed by atoms with Crippen molar-refractivity contribution in [1.82, 2.24) is 4.98 Å². The van der Waals surface area contributed by atoms with Crippen LogP contribution in [0.15, 0.2) is 47.9 Å². The van der Waals surface area contributed by atoms with Crippen molar-refractivity contribution in [2.75, 3.05) is 26.6 Å². The number of para-hydroxylation sites is 1. The monoisotopic (exact) mass is 462 g/mol. The van der Waals surface area contributed by atoms with Gasteiger partial charge in [0.1, 0.15) is 11.5 Å². The average Bonchev–Trinajstić information content (AvgIpc) is 3.25. The number of benzene rings is 2. The first-order valence-corrected chi connectivity index (χ1v) is 10.1. The number of rotatable bonds is 9. The second-order valence-electron chi connectivity index (χ2n) is 6.18. The van der Waals surface area contributed by atoms with E-state index in [1.165, 1.54) is 42.7 Å². The fourth-order valence-electron chi connectivity index (χ4n) is 2.82. The Labute approximate surface area is 187 Å². The van der Waals surface area contributed by atoms with E-state index >= 15 is 0 Å². The quantitative estimate of drug-likeness (QED) is 0.447. The van der Waals surface area contributed by atoms with Gasteiger partial charge in [-0.2, -0.15) is 8.78 Å². The van der Waals surface area contributed by atoms with Gasteiger partial charge in [-0.15, -0.1) is 11.3 Å². The molecule has 0 spiro atoms. The predicted octanol–water partition coefficient (Wildman–Crippen LogP) is 5.09. The zero-order chi connectivity index (χ0) is 23.1. The maximum absolute atomic E-state index is 12.7. The molecule has 0 unspecified atom stereocenters. The minimum Gasteiger partial charge on any atom is -0.497 e. The van der Waals surface area contributed by atoms with Gasteiger partial charge in [0.2, 0.25) is 5.91 Å². The highest BCUT2D eigenvalue weighted by Crippen LogP contribution is 2.35. The number of thiazole rings is 1. The molecule has 1 heterocycles. The largest absolute Gasteiger partial charge is 0.497 e. The van der Waals surface area contributed by atoms with Gasteiger partial charge in [-0.3, -0.25) is 10.1 Å². The third-order valence-electron chi connectivity index (χ3n) is 4.27. The van der Waals surface area contributed by atoms with Gasteiger partial charge in [-0.05, 0) is 30.3 Å². The maximum atomic E-state index is 12.7. The van der Waals surface area contributed by atoms with Crippen LogP contribution in [-0.2, 0) is 4.79 Å². The molecule has 0 atom stereocenters. The fraction of sp³-hybridized carbons (Fsp3) is 0.182. The molecule has 0 radical (unpaired) electrons. The maximum Gasteiger partial charge on any atom is 0.387 e. The Hall–Kier alpha value is -3.66. The third kappa shape index (κ3) is 5.52. The van der Waals surface area contributed by atoms with Gasteiger partial charge in [0.05, 0.1) is 27.0 Å². The molecule has 168 valence electrons. The smallest absolute Gasteiger partial charge is 0.387 e. The number of amides is 1. The van der Waals surface area contributed by atoms with E-state index in [1.807, 2.05) is 0 Å². The second kappa shape index (κ2) is 10.6. The molecule has 1 N–H and O–H groups in total. The summed E-state index contributed by atoms with van der Waals surface area (Å²) in [5, 5.41) is 4.77. The van der Waals surface area contributed by atoms with Crippen molar-refractivity contribution in [3.05, 3.63) is 53.4 Å². The van der Waals surface area contributed by atoms with Gasteiger partial charge in [-0.1, -0.05) is 12.1 Å². The molecule has 2 aromatic carbocycles. The summed E-state index contributed by atoms with van der Waals surface area (Å²) in [7, 11) is 4.45. The Balaban J connectivity index is 1.76. The Morgan fingerprint density at radius 2 is 1.88 bits per heavy atom. The Morgan fingerprint density at radius 1 is 1.09 bits per heavy atom. The van der Waals surface area contributed by atoms with Crippen LogP contribution in [0.25, 0.3) is 17.3 Å². The molecule has 0 saturated carbocycles. The van der Waals surface area contributed by atoms with Crippen LogP contribution in [0.2, 0.25) is 0 Å². The molecule has 32 heavy (non-hydrogen) atoms. The molecule has 0 bridgehead atoms. The average molecular weight is 462 g/mol. The molecule has 0 fully saturated rings. The van der Waals surface area contributed by atoms with Gasteiger partial charge in [0.15, 0.2) is 16.6 Å². The molecule has 3 aromatic rings. The molecule has 1 amide bonds. The van der Waals surface area contributed by atoms with Crippen molar-refractivity contribution in [2.45, 2.75) is 6.61 Å². The number of aromatic nitrogens is 1. The van der Waals surface area contributed by atoms with Crippen LogP contribution in [0, 0.1) is 0 Å². The van der Waals surface area contributed by atoms with Gasteiger partial charge in [-0.25, -0.2) is 4.98 Å². The van der Waals surface area contributed by atoms with E-state index in [0.717, 1.165) is 0 Å².